The van der Waals surface area contributed by atoms with E-state index in [2.05, 4.69) is 39.7 Å². The molecule has 0 bridgehead atoms. The number of hydrogen-bond donors (Lipinski definition) is 2. The molecule has 0 fully saturated rings. The van der Waals surface area contributed by atoms with Gasteiger partial charge >= 0.3 is 0 Å². The monoisotopic (exact) mass is 346 g/mol. The standard InChI is InChI=1S/C21H22N4O/c1-14-7-4-5-8-18(14)13-22-20-11-15(2)23-21(25-20)24-19-10-6-9-17(12-19)16(3)26/h4-12H,13H2,1-3H3,(H2,22,23,24,25). The van der Waals surface area contributed by atoms with Gasteiger partial charge in [-0.05, 0) is 44.0 Å². The molecule has 0 amide bonds. The molecule has 2 aromatic carbocycles. The van der Waals surface area contributed by atoms with Crippen molar-refractivity contribution in [1.29, 1.82) is 0 Å². The Morgan fingerprint density at radius 2 is 1.81 bits per heavy atom. The van der Waals surface area contributed by atoms with E-state index in [0.717, 1.165) is 17.2 Å². The Hall–Kier alpha value is -3.21. The van der Waals surface area contributed by atoms with Crippen LogP contribution in [0.4, 0.5) is 17.5 Å². The molecule has 0 radical (unpaired) electrons. The maximum absolute atomic E-state index is 11.5. The average Bonchev–Trinajstić information content (AvgIpc) is 2.61. The summed E-state index contributed by atoms with van der Waals surface area (Å²) in [5.41, 5.74) is 4.77. The molecular weight excluding hydrogens is 324 g/mol. The minimum atomic E-state index is 0.0272. The van der Waals surface area contributed by atoms with E-state index in [1.54, 1.807) is 19.1 Å². The molecule has 5 nitrogen and oxygen atoms in total. The molecule has 26 heavy (non-hydrogen) atoms. The molecule has 132 valence electrons. The van der Waals surface area contributed by atoms with Crippen LogP contribution >= 0.6 is 0 Å². The highest BCUT2D eigenvalue weighted by molar-refractivity contribution is 5.95. The number of aromatic nitrogens is 2. The Morgan fingerprint density at radius 1 is 1.00 bits per heavy atom. The van der Waals surface area contributed by atoms with Gasteiger partial charge in [0.2, 0.25) is 5.95 Å². The molecule has 0 unspecified atom stereocenters. The zero-order valence-electron chi connectivity index (χ0n) is 15.2. The van der Waals surface area contributed by atoms with Crippen LogP contribution in [-0.4, -0.2) is 15.8 Å². The summed E-state index contributed by atoms with van der Waals surface area (Å²) in [5, 5.41) is 6.53. The van der Waals surface area contributed by atoms with Gasteiger partial charge in [0.1, 0.15) is 5.82 Å². The van der Waals surface area contributed by atoms with Gasteiger partial charge in [-0.3, -0.25) is 4.79 Å². The second-order valence-electron chi connectivity index (χ2n) is 6.26. The molecule has 3 rings (SSSR count). The summed E-state index contributed by atoms with van der Waals surface area (Å²) in [7, 11) is 0. The van der Waals surface area contributed by atoms with Crippen molar-refractivity contribution in [3.63, 3.8) is 0 Å². The predicted octanol–water partition coefficient (Wildman–Crippen LogP) is 4.65. The van der Waals surface area contributed by atoms with Crippen LogP contribution in [0.5, 0.6) is 0 Å². The van der Waals surface area contributed by atoms with E-state index < -0.39 is 0 Å². The first-order valence-corrected chi connectivity index (χ1v) is 8.53. The lowest BCUT2D eigenvalue weighted by Gasteiger charge is -2.11. The number of Topliss-reactive ketones (excluding diaryl/α,β-unsaturated/α-hetero) is 1. The average molecular weight is 346 g/mol. The van der Waals surface area contributed by atoms with Gasteiger partial charge in [-0.2, -0.15) is 4.98 Å². The highest BCUT2D eigenvalue weighted by Crippen LogP contribution is 2.18. The number of ketones is 1. The Kier molecular flexibility index (Phi) is 5.27. The SMILES string of the molecule is CC(=O)c1cccc(Nc2nc(C)cc(NCc3ccccc3C)n2)c1. The number of hydrogen-bond acceptors (Lipinski definition) is 5. The zero-order chi connectivity index (χ0) is 18.5. The van der Waals surface area contributed by atoms with Crippen LogP contribution in [0.3, 0.4) is 0 Å². The van der Waals surface area contributed by atoms with E-state index in [1.807, 2.05) is 37.3 Å². The van der Waals surface area contributed by atoms with Crippen molar-refractivity contribution in [1.82, 2.24) is 9.97 Å². The van der Waals surface area contributed by atoms with Gasteiger partial charge in [0.05, 0.1) is 0 Å². The number of nitrogens with zero attached hydrogens (tertiary/aromatic N) is 2. The van der Waals surface area contributed by atoms with Crippen molar-refractivity contribution in [3.05, 3.63) is 77.0 Å². The topological polar surface area (TPSA) is 66.9 Å². The highest BCUT2D eigenvalue weighted by Gasteiger charge is 2.06. The quantitative estimate of drug-likeness (QED) is 0.636. The van der Waals surface area contributed by atoms with Crippen LogP contribution < -0.4 is 10.6 Å². The minimum Gasteiger partial charge on any atom is -0.366 e. The summed E-state index contributed by atoms with van der Waals surface area (Å²) >= 11 is 0. The second-order valence-corrected chi connectivity index (χ2v) is 6.26. The molecule has 0 aliphatic carbocycles. The first kappa shape index (κ1) is 17.6. The van der Waals surface area contributed by atoms with Crippen molar-refractivity contribution in [3.8, 4) is 0 Å². The van der Waals surface area contributed by atoms with Gasteiger partial charge in [-0.25, -0.2) is 4.98 Å². The third kappa shape index (κ3) is 4.45. The van der Waals surface area contributed by atoms with Crippen LogP contribution in [0, 0.1) is 13.8 Å². The number of carbonyl (C=O) groups excluding carboxylic acids is 1. The highest BCUT2D eigenvalue weighted by atomic mass is 16.1. The number of benzene rings is 2. The molecular formula is C21H22N4O. The van der Waals surface area contributed by atoms with Gasteiger partial charge < -0.3 is 10.6 Å². The summed E-state index contributed by atoms with van der Waals surface area (Å²) in [4.78, 5) is 20.5. The summed E-state index contributed by atoms with van der Waals surface area (Å²) in [6, 6.07) is 17.5. The van der Waals surface area contributed by atoms with Gasteiger partial charge in [0, 0.05) is 29.6 Å². The molecule has 0 spiro atoms. The number of rotatable bonds is 6. The first-order chi connectivity index (χ1) is 12.5. The summed E-state index contributed by atoms with van der Waals surface area (Å²) < 4.78 is 0. The summed E-state index contributed by atoms with van der Waals surface area (Å²) in [6.45, 7) is 6.27. The van der Waals surface area contributed by atoms with E-state index in [4.69, 9.17) is 0 Å². The fourth-order valence-corrected chi connectivity index (χ4v) is 2.65. The lowest BCUT2D eigenvalue weighted by atomic mass is 10.1. The molecule has 1 heterocycles. The molecule has 5 heteroatoms. The molecule has 3 aromatic rings. The maximum Gasteiger partial charge on any atom is 0.229 e. The van der Waals surface area contributed by atoms with E-state index in [1.165, 1.54) is 11.1 Å². The smallest absolute Gasteiger partial charge is 0.229 e. The Morgan fingerprint density at radius 3 is 2.58 bits per heavy atom. The Balaban J connectivity index is 1.76. The van der Waals surface area contributed by atoms with Crippen LogP contribution in [0.2, 0.25) is 0 Å². The third-order valence-corrected chi connectivity index (χ3v) is 4.10. The third-order valence-electron chi connectivity index (χ3n) is 4.10. The fraction of sp³-hybridized carbons (Fsp3) is 0.190. The van der Waals surface area contributed by atoms with Crippen LogP contribution in [0.1, 0.15) is 34.1 Å². The molecule has 0 atom stereocenters. The molecule has 0 saturated heterocycles. The normalized spacial score (nSPS) is 10.4. The second kappa shape index (κ2) is 7.78. The maximum atomic E-state index is 11.5. The number of anilines is 3. The van der Waals surface area contributed by atoms with Gasteiger partial charge in [0.15, 0.2) is 5.78 Å². The van der Waals surface area contributed by atoms with Crippen LogP contribution in [0.15, 0.2) is 54.6 Å². The molecule has 0 aliphatic rings. The summed E-state index contributed by atoms with van der Waals surface area (Å²) in [5.74, 6) is 1.28. The number of aryl methyl sites for hydroxylation is 2. The van der Waals surface area contributed by atoms with Crippen molar-refractivity contribution < 1.29 is 4.79 Å². The van der Waals surface area contributed by atoms with Gasteiger partial charge in [-0.15, -0.1) is 0 Å². The number of nitrogens with one attached hydrogen (secondary N) is 2. The van der Waals surface area contributed by atoms with Gasteiger partial charge in [-0.1, -0.05) is 36.4 Å². The first-order valence-electron chi connectivity index (χ1n) is 8.53. The van der Waals surface area contributed by atoms with Crippen molar-refractivity contribution in [2.45, 2.75) is 27.3 Å². The van der Waals surface area contributed by atoms with E-state index in [0.29, 0.717) is 18.1 Å². The van der Waals surface area contributed by atoms with Crippen molar-refractivity contribution >= 4 is 23.2 Å². The molecule has 1 aromatic heterocycles. The van der Waals surface area contributed by atoms with Crippen LogP contribution in [-0.2, 0) is 6.54 Å². The van der Waals surface area contributed by atoms with E-state index in [9.17, 15) is 4.79 Å². The molecule has 0 aliphatic heterocycles. The van der Waals surface area contributed by atoms with Crippen LogP contribution in [0.25, 0.3) is 0 Å². The minimum absolute atomic E-state index is 0.0272. The van der Waals surface area contributed by atoms with Crippen molar-refractivity contribution in [2.75, 3.05) is 10.6 Å². The zero-order valence-corrected chi connectivity index (χ0v) is 15.2. The van der Waals surface area contributed by atoms with E-state index >= 15 is 0 Å². The lowest BCUT2D eigenvalue weighted by molar-refractivity contribution is 0.101. The molecule has 0 saturated carbocycles. The largest absolute Gasteiger partial charge is 0.366 e. The summed E-state index contributed by atoms with van der Waals surface area (Å²) in [6.07, 6.45) is 0. The fourth-order valence-electron chi connectivity index (χ4n) is 2.65. The van der Waals surface area contributed by atoms with Gasteiger partial charge in [0.25, 0.3) is 0 Å². The van der Waals surface area contributed by atoms with Crippen molar-refractivity contribution in [2.24, 2.45) is 0 Å². The lowest BCUT2D eigenvalue weighted by Crippen LogP contribution is -2.06. The predicted molar refractivity (Wildman–Crippen MR) is 105 cm³/mol. The Bertz CT molecular complexity index is 937. The van der Waals surface area contributed by atoms with E-state index in [-0.39, 0.29) is 5.78 Å². The number of carbonyl (C=O) groups is 1. The molecule has 2 N–H and O–H groups in total. The Labute approximate surface area is 153 Å².